The molecule has 10 nitrogen and oxygen atoms in total. The summed E-state index contributed by atoms with van der Waals surface area (Å²) in [6, 6.07) is 0. The zero-order chi connectivity index (χ0) is 19.7. The third-order valence-corrected chi connectivity index (χ3v) is 4.18. The van der Waals surface area contributed by atoms with Crippen LogP contribution in [0.15, 0.2) is 6.33 Å². The van der Waals surface area contributed by atoms with Crippen molar-refractivity contribution in [3.63, 3.8) is 0 Å². The number of ether oxygens (including phenoxy) is 3. The molecule has 0 saturated carbocycles. The van der Waals surface area contributed by atoms with Gasteiger partial charge >= 0.3 is 5.97 Å². The predicted octanol–water partition coefficient (Wildman–Crippen LogP) is 0.603. The van der Waals surface area contributed by atoms with Crippen molar-refractivity contribution in [1.82, 2.24) is 19.5 Å². The molecule has 1 aliphatic rings. The minimum atomic E-state index is -0.965. The Morgan fingerprint density at radius 2 is 2.22 bits per heavy atom. The van der Waals surface area contributed by atoms with Gasteiger partial charge in [0, 0.05) is 6.92 Å². The number of halogens is 1. The Kier molecular flexibility index (Phi) is 5.42. The van der Waals surface area contributed by atoms with Crippen LogP contribution in [0.1, 0.15) is 27.0 Å². The number of esters is 1. The van der Waals surface area contributed by atoms with Crippen LogP contribution in [0, 0.1) is 5.92 Å². The summed E-state index contributed by atoms with van der Waals surface area (Å²) in [5, 5.41) is 9.51. The minimum absolute atomic E-state index is 0.0392. The number of aliphatic hydroxyl groups is 1. The maximum atomic E-state index is 13.6. The minimum Gasteiger partial charge on any atom is -0.473 e. The van der Waals surface area contributed by atoms with Crippen molar-refractivity contribution in [1.29, 1.82) is 0 Å². The molecule has 148 valence electrons. The van der Waals surface area contributed by atoms with Crippen molar-refractivity contribution in [3.8, 4) is 5.88 Å². The highest BCUT2D eigenvalue weighted by atomic mass is 19.1. The van der Waals surface area contributed by atoms with E-state index in [0.29, 0.717) is 5.52 Å². The van der Waals surface area contributed by atoms with Crippen molar-refractivity contribution in [3.05, 3.63) is 6.33 Å². The molecule has 1 aliphatic heterocycles. The number of rotatable bonds is 6. The van der Waals surface area contributed by atoms with Gasteiger partial charge in [-0.1, -0.05) is 0 Å². The van der Waals surface area contributed by atoms with Crippen LogP contribution in [0.4, 0.5) is 10.3 Å². The van der Waals surface area contributed by atoms with Crippen LogP contribution in [-0.4, -0.2) is 62.2 Å². The normalized spacial score (nSPS) is 25.3. The van der Waals surface area contributed by atoms with Gasteiger partial charge in [0.2, 0.25) is 11.8 Å². The maximum absolute atomic E-state index is 13.6. The fraction of sp³-hybridized carbons (Fsp3) is 0.625. The van der Waals surface area contributed by atoms with Gasteiger partial charge in [-0.3, -0.25) is 13.8 Å². The smallest absolute Gasteiger partial charge is 0.303 e. The SMILES string of the molecule is CC(=O)O[C@@H]1[C@H](CF)[C@@H](CO)O[C@H]1n1cnc2c(OC(C)C)nc(N)nc21. The van der Waals surface area contributed by atoms with Crippen LogP contribution in [0.2, 0.25) is 0 Å². The zero-order valence-electron chi connectivity index (χ0n) is 15.2. The van der Waals surface area contributed by atoms with Crippen molar-refractivity contribution in [2.75, 3.05) is 19.0 Å². The van der Waals surface area contributed by atoms with Gasteiger partial charge in [0.1, 0.15) is 0 Å². The zero-order valence-corrected chi connectivity index (χ0v) is 15.2. The van der Waals surface area contributed by atoms with Gasteiger partial charge < -0.3 is 25.1 Å². The molecule has 27 heavy (non-hydrogen) atoms. The number of nitrogens with two attached hydrogens (primary N) is 1. The van der Waals surface area contributed by atoms with Crippen molar-refractivity contribution < 1.29 is 28.5 Å². The topological polar surface area (TPSA) is 135 Å². The van der Waals surface area contributed by atoms with E-state index < -0.39 is 43.6 Å². The molecule has 4 atom stereocenters. The molecular weight excluding hydrogens is 361 g/mol. The van der Waals surface area contributed by atoms with Gasteiger partial charge in [-0.2, -0.15) is 9.97 Å². The Bertz CT molecular complexity index is 829. The number of aliphatic hydroxyl groups excluding tert-OH is 1. The van der Waals surface area contributed by atoms with Crippen LogP contribution in [-0.2, 0) is 14.3 Å². The summed E-state index contributed by atoms with van der Waals surface area (Å²) >= 11 is 0. The number of hydrogen-bond acceptors (Lipinski definition) is 9. The van der Waals surface area contributed by atoms with E-state index in [-0.39, 0.29) is 23.6 Å². The summed E-state index contributed by atoms with van der Waals surface area (Å²) in [7, 11) is 0. The summed E-state index contributed by atoms with van der Waals surface area (Å²) < 4.78 is 31.7. The number of alkyl halides is 1. The lowest BCUT2D eigenvalue weighted by molar-refractivity contribution is -0.153. The summed E-state index contributed by atoms with van der Waals surface area (Å²) in [6.45, 7) is 3.63. The standard InChI is InChI=1S/C16H22FN5O5/c1-7(2)25-14-11-13(20-16(18)21-14)22(6-19-11)15-12(26-8(3)24)9(4-17)10(5-23)27-15/h6-7,9-10,12,15,23H,4-5H2,1-3H3,(H2,18,20,21)/t9-,10-,12-,15-/m1/s1. The highest BCUT2D eigenvalue weighted by Gasteiger charge is 2.48. The van der Waals surface area contributed by atoms with E-state index in [1.165, 1.54) is 17.8 Å². The molecule has 3 N–H and O–H groups in total. The van der Waals surface area contributed by atoms with E-state index in [1.54, 1.807) is 0 Å². The largest absolute Gasteiger partial charge is 0.473 e. The second-order valence-electron chi connectivity index (χ2n) is 6.52. The molecule has 11 heteroatoms. The molecule has 3 heterocycles. The number of nitrogen functional groups attached to an aromatic ring is 1. The second-order valence-corrected chi connectivity index (χ2v) is 6.52. The van der Waals surface area contributed by atoms with Gasteiger partial charge in [0.05, 0.1) is 37.7 Å². The van der Waals surface area contributed by atoms with Crippen molar-refractivity contribution in [2.45, 2.75) is 45.3 Å². The Balaban J connectivity index is 2.07. The first kappa shape index (κ1) is 19.2. The monoisotopic (exact) mass is 383 g/mol. The van der Waals surface area contributed by atoms with Crippen LogP contribution in [0.5, 0.6) is 5.88 Å². The fourth-order valence-corrected chi connectivity index (χ4v) is 3.11. The van der Waals surface area contributed by atoms with Crippen LogP contribution in [0.3, 0.4) is 0 Å². The number of aromatic nitrogens is 4. The van der Waals surface area contributed by atoms with Gasteiger partial charge in [0.25, 0.3) is 0 Å². The first-order valence-corrected chi connectivity index (χ1v) is 8.51. The fourth-order valence-electron chi connectivity index (χ4n) is 3.11. The van der Waals surface area contributed by atoms with Crippen molar-refractivity contribution in [2.24, 2.45) is 5.92 Å². The number of carbonyl (C=O) groups excluding carboxylic acids is 1. The van der Waals surface area contributed by atoms with Gasteiger partial charge in [-0.15, -0.1) is 0 Å². The molecular formula is C16H22FN5O5. The van der Waals surface area contributed by atoms with Gasteiger partial charge in [-0.05, 0) is 13.8 Å². The molecule has 0 aliphatic carbocycles. The molecule has 0 radical (unpaired) electrons. The van der Waals surface area contributed by atoms with E-state index in [4.69, 9.17) is 19.9 Å². The molecule has 1 saturated heterocycles. The summed E-state index contributed by atoms with van der Waals surface area (Å²) in [6.07, 6.45) is -1.50. The molecule has 0 unspecified atom stereocenters. The second kappa shape index (κ2) is 7.61. The molecule has 2 aromatic heterocycles. The van der Waals surface area contributed by atoms with E-state index >= 15 is 0 Å². The Hall–Kier alpha value is -2.53. The summed E-state index contributed by atoms with van der Waals surface area (Å²) in [4.78, 5) is 24.0. The number of hydrogen-bond donors (Lipinski definition) is 2. The molecule has 0 bridgehead atoms. The number of anilines is 1. The van der Waals surface area contributed by atoms with E-state index in [1.807, 2.05) is 13.8 Å². The quantitative estimate of drug-likeness (QED) is 0.688. The molecule has 0 amide bonds. The first-order valence-electron chi connectivity index (χ1n) is 8.51. The maximum Gasteiger partial charge on any atom is 0.303 e. The Morgan fingerprint density at radius 3 is 2.81 bits per heavy atom. The Morgan fingerprint density at radius 1 is 1.48 bits per heavy atom. The molecule has 3 rings (SSSR count). The van der Waals surface area contributed by atoms with E-state index in [9.17, 15) is 14.3 Å². The Labute approximate surface area is 154 Å². The number of carbonyl (C=O) groups is 1. The molecule has 0 aromatic carbocycles. The lowest BCUT2D eigenvalue weighted by Gasteiger charge is -2.22. The predicted molar refractivity (Wildman–Crippen MR) is 91.5 cm³/mol. The van der Waals surface area contributed by atoms with Crippen LogP contribution < -0.4 is 10.5 Å². The third-order valence-electron chi connectivity index (χ3n) is 4.18. The average molecular weight is 383 g/mol. The third kappa shape index (κ3) is 3.65. The highest BCUT2D eigenvalue weighted by Crippen LogP contribution is 2.38. The van der Waals surface area contributed by atoms with Gasteiger partial charge in [0.15, 0.2) is 23.5 Å². The lowest BCUT2D eigenvalue weighted by atomic mass is 10.00. The van der Waals surface area contributed by atoms with Crippen LogP contribution in [0.25, 0.3) is 11.2 Å². The number of fused-ring (bicyclic) bond motifs is 1. The van der Waals surface area contributed by atoms with E-state index in [2.05, 4.69) is 15.0 Å². The molecule has 1 fully saturated rings. The van der Waals surface area contributed by atoms with Gasteiger partial charge in [-0.25, -0.2) is 4.98 Å². The average Bonchev–Trinajstić information content (AvgIpc) is 3.14. The number of imidazole rings is 1. The highest BCUT2D eigenvalue weighted by molar-refractivity contribution is 5.77. The summed E-state index contributed by atoms with van der Waals surface area (Å²) in [5.74, 6) is -1.25. The first-order chi connectivity index (χ1) is 12.8. The van der Waals surface area contributed by atoms with Crippen LogP contribution >= 0.6 is 0 Å². The van der Waals surface area contributed by atoms with E-state index in [0.717, 1.165) is 0 Å². The molecule has 2 aromatic rings. The number of nitrogens with zero attached hydrogens (tertiary/aromatic N) is 4. The van der Waals surface area contributed by atoms with Crippen molar-refractivity contribution >= 4 is 23.1 Å². The molecule has 0 spiro atoms. The summed E-state index contributed by atoms with van der Waals surface area (Å²) in [5.41, 5.74) is 6.41. The lowest BCUT2D eigenvalue weighted by Crippen LogP contribution is -2.33.